The monoisotopic (exact) mass is 208 g/mol. The predicted octanol–water partition coefficient (Wildman–Crippen LogP) is 1.68. The Labute approximate surface area is 89.4 Å². The molecule has 1 unspecified atom stereocenters. The SMILES string of the molecule is Cc1ccc(CC(C)(O)C(=O)O)c(C)c1. The molecule has 0 saturated heterocycles. The number of aliphatic hydroxyl groups is 1. The lowest BCUT2D eigenvalue weighted by molar-refractivity contribution is -0.156. The second-order valence-electron chi connectivity index (χ2n) is 4.19. The van der Waals surface area contributed by atoms with E-state index in [1.807, 2.05) is 32.0 Å². The molecule has 0 fully saturated rings. The Balaban J connectivity index is 2.95. The summed E-state index contributed by atoms with van der Waals surface area (Å²) in [5.74, 6) is -1.19. The van der Waals surface area contributed by atoms with Gasteiger partial charge in [-0.15, -0.1) is 0 Å². The van der Waals surface area contributed by atoms with Gasteiger partial charge in [0.1, 0.15) is 0 Å². The van der Waals surface area contributed by atoms with E-state index in [0.29, 0.717) is 0 Å². The van der Waals surface area contributed by atoms with Crippen molar-refractivity contribution >= 4 is 5.97 Å². The molecule has 82 valence electrons. The maximum Gasteiger partial charge on any atom is 0.335 e. The highest BCUT2D eigenvalue weighted by Crippen LogP contribution is 2.18. The topological polar surface area (TPSA) is 57.5 Å². The standard InChI is InChI=1S/C12H16O3/c1-8-4-5-10(9(2)6-8)7-12(3,15)11(13)14/h4-6,15H,7H2,1-3H3,(H,13,14). The molecule has 1 rings (SSSR count). The number of aliphatic carboxylic acids is 1. The molecule has 15 heavy (non-hydrogen) atoms. The van der Waals surface area contributed by atoms with E-state index in [1.165, 1.54) is 6.92 Å². The minimum absolute atomic E-state index is 0.133. The van der Waals surface area contributed by atoms with Crippen LogP contribution in [0, 0.1) is 13.8 Å². The number of carbonyl (C=O) groups is 1. The van der Waals surface area contributed by atoms with E-state index in [1.54, 1.807) is 0 Å². The predicted molar refractivity (Wildman–Crippen MR) is 57.9 cm³/mol. The molecule has 1 aromatic rings. The Bertz CT molecular complexity index is 380. The summed E-state index contributed by atoms with van der Waals surface area (Å²) in [6.07, 6.45) is 0.133. The van der Waals surface area contributed by atoms with Crippen LogP contribution < -0.4 is 0 Å². The maximum atomic E-state index is 10.8. The van der Waals surface area contributed by atoms with Gasteiger partial charge in [0.25, 0.3) is 0 Å². The highest BCUT2D eigenvalue weighted by Gasteiger charge is 2.30. The Morgan fingerprint density at radius 3 is 2.47 bits per heavy atom. The smallest absolute Gasteiger partial charge is 0.335 e. The maximum absolute atomic E-state index is 10.8. The lowest BCUT2D eigenvalue weighted by atomic mass is 9.93. The molecule has 1 aromatic carbocycles. The largest absolute Gasteiger partial charge is 0.479 e. The summed E-state index contributed by atoms with van der Waals surface area (Å²) in [4.78, 5) is 10.8. The van der Waals surface area contributed by atoms with Gasteiger partial charge in [0, 0.05) is 6.42 Å². The molecule has 0 saturated carbocycles. The first-order valence-corrected chi connectivity index (χ1v) is 4.85. The molecule has 2 N–H and O–H groups in total. The number of hydrogen-bond acceptors (Lipinski definition) is 2. The summed E-state index contributed by atoms with van der Waals surface area (Å²) in [7, 11) is 0. The zero-order valence-electron chi connectivity index (χ0n) is 9.24. The minimum Gasteiger partial charge on any atom is -0.479 e. The molecule has 0 bridgehead atoms. The summed E-state index contributed by atoms with van der Waals surface area (Å²) in [5.41, 5.74) is 1.32. The van der Waals surface area contributed by atoms with Crippen LogP contribution in [-0.4, -0.2) is 21.8 Å². The van der Waals surface area contributed by atoms with Crippen LogP contribution in [0.3, 0.4) is 0 Å². The number of aryl methyl sites for hydroxylation is 2. The van der Waals surface area contributed by atoms with Crippen molar-refractivity contribution < 1.29 is 15.0 Å². The molecule has 0 heterocycles. The van der Waals surface area contributed by atoms with Crippen molar-refractivity contribution in [3.8, 4) is 0 Å². The second kappa shape index (κ2) is 4.03. The molecule has 3 heteroatoms. The van der Waals surface area contributed by atoms with E-state index in [-0.39, 0.29) is 6.42 Å². The van der Waals surface area contributed by atoms with Gasteiger partial charge in [-0.2, -0.15) is 0 Å². The highest BCUT2D eigenvalue weighted by molar-refractivity contribution is 5.77. The summed E-state index contributed by atoms with van der Waals surface area (Å²) in [5, 5.41) is 18.4. The Kier molecular flexibility index (Phi) is 3.15. The van der Waals surface area contributed by atoms with Crippen LogP contribution in [-0.2, 0) is 11.2 Å². The van der Waals surface area contributed by atoms with Gasteiger partial charge in [0.2, 0.25) is 0 Å². The van der Waals surface area contributed by atoms with Crippen LogP contribution >= 0.6 is 0 Å². The van der Waals surface area contributed by atoms with E-state index in [9.17, 15) is 9.90 Å². The molecular formula is C12H16O3. The summed E-state index contributed by atoms with van der Waals surface area (Å²) >= 11 is 0. The summed E-state index contributed by atoms with van der Waals surface area (Å²) < 4.78 is 0. The van der Waals surface area contributed by atoms with Crippen molar-refractivity contribution in [2.75, 3.05) is 0 Å². The Morgan fingerprint density at radius 1 is 1.40 bits per heavy atom. The number of hydrogen-bond donors (Lipinski definition) is 2. The zero-order chi connectivity index (χ0) is 11.6. The van der Waals surface area contributed by atoms with Crippen LogP contribution in [0.2, 0.25) is 0 Å². The molecule has 0 spiro atoms. The van der Waals surface area contributed by atoms with Gasteiger partial charge in [-0.3, -0.25) is 0 Å². The average Bonchev–Trinajstić information content (AvgIpc) is 2.09. The van der Waals surface area contributed by atoms with Crippen molar-refractivity contribution in [2.24, 2.45) is 0 Å². The molecule has 1 atom stereocenters. The molecular weight excluding hydrogens is 192 g/mol. The van der Waals surface area contributed by atoms with E-state index < -0.39 is 11.6 Å². The van der Waals surface area contributed by atoms with E-state index >= 15 is 0 Å². The fraction of sp³-hybridized carbons (Fsp3) is 0.417. The van der Waals surface area contributed by atoms with Crippen LogP contribution in [0.15, 0.2) is 18.2 Å². The quantitative estimate of drug-likeness (QED) is 0.794. The van der Waals surface area contributed by atoms with Crippen molar-refractivity contribution in [3.63, 3.8) is 0 Å². The van der Waals surface area contributed by atoms with Gasteiger partial charge < -0.3 is 10.2 Å². The highest BCUT2D eigenvalue weighted by atomic mass is 16.4. The number of rotatable bonds is 3. The van der Waals surface area contributed by atoms with Gasteiger partial charge in [0.15, 0.2) is 5.60 Å². The van der Waals surface area contributed by atoms with Crippen LogP contribution in [0.4, 0.5) is 0 Å². The van der Waals surface area contributed by atoms with Crippen LogP contribution in [0.1, 0.15) is 23.6 Å². The minimum atomic E-state index is -1.69. The van der Waals surface area contributed by atoms with E-state index in [2.05, 4.69) is 0 Å². The molecule has 0 aliphatic heterocycles. The van der Waals surface area contributed by atoms with E-state index in [4.69, 9.17) is 5.11 Å². The fourth-order valence-electron chi connectivity index (χ4n) is 1.49. The van der Waals surface area contributed by atoms with Crippen molar-refractivity contribution in [1.29, 1.82) is 0 Å². The molecule has 0 aliphatic carbocycles. The normalized spacial score (nSPS) is 14.7. The zero-order valence-corrected chi connectivity index (χ0v) is 9.24. The van der Waals surface area contributed by atoms with Gasteiger partial charge in [-0.1, -0.05) is 23.8 Å². The first-order valence-electron chi connectivity index (χ1n) is 4.85. The van der Waals surface area contributed by atoms with Gasteiger partial charge >= 0.3 is 5.97 Å². The molecule has 0 radical (unpaired) electrons. The average molecular weight is 208 g/mol. The number of carboxylic acids is 1. The third kappa shape index (κ3) is 2.80. The molecule has 3 nitrogen and oxygen atoms in total. The lowest BCUT2D eigenvalue weighted by Gasteiger charge is -2.19. The van der Waals surface area contributed by atoms with Crippen molar-refractivity contribution in [3.05, 3.63) is 34.9 Å². The molecule has 0 amide bonds. The van der Waals surface area contributed by atoms with Gasteiger partial charge in [-0.05, 0) is 31.9 Å². The third-order valence-corrected chi connectivity index (χ3v) is 2.49. The molecule has 0 aliphatic rings. The van der Waals surface area contributed by atoms with Crippen LogP contribution in [0.5, 0.6) is 0 Å². The second-order valence-corrected chi connectivity index (χ2v) is 4.19. The summed E-state index contributed by atoms with van der Waals surface area (Å²) in [6.45, 7) is 5.21. The van der Waals surface area contributed by atoms with Crippen molar-refractivity contribution in [1.82, 2.24) is 0 Å². The fourth-order valence-corrected chi connectivity index (χ4v) is 1.49. The number of benzene rings is 1. The lowest BCUT2D eigenvalue weighted by Crippen LogP contribution is -2.37. The number of carboxylic acid groups (broad SMARTS) is 1. The van der Waals surface area contributed by atoms with Crippen molar-refractivity contribution in [2.45, 2.75) is 32.8 Å². The van der Waals surface area contributed by atoms with Gasteiger partial charge in [-0.25, -0.2) is 4.79 Å². The first kappa shape index (κ1) is 11.7. The summed E-state index contributed by atoms with van der Waals surface area (Å²) in [6, 6.07) is 5.76. The first-order chi connectivity index (χ1) is 6.83. The molecule has 0 aromatic heterocycles. The third-order valence-electron chi connectivity index (χ3n) is 2.49. The van der Waals surface area contributed by atoms with Crippen LogP contribution in [0.25, 0.3) is 0 Å². The van der Waals surface area contributed by atoms with Gasteiger partial charge in [0.05, 0.1) is 0 Å². The Morgan fingerprint density at radius 2 is 2.00 bits per heavy atom. The van der Waals surface area contributed by atoms with E-state index in [0.717, 1.165) is 16.7 Å². The Hall–Kier alpha value is -1.35.